The van der Waals surface area contributed by atoms with E-state index < -0.39 is 51.0 Å². The van der Waals surface area contributed by atoms with Crippen LogP contribution in [0.4, 0.5) is 17.6 Å². The van der Waals surface area contributed by atoms with E-state index in [0.29, 0.717) is 17.7 Å². The van der Waals surface area contributed by atoms with Crippen LogP contribution in [0.2, 0.25) is 0 Å². The van der Waals surface area contributed by atoms with Gasteiger partial charge in [0.25, 0.3) is 5.56 Å². The summed E-state index contributed by atoms with van der Waals surface area (Å²) in [5, 5.41) is 9.11. The molecule has 174 valence electrons. The predicted molar refractivity (Wildman–Crippen MR) is 116 cm³/mol. The Morgan fingerprint density at radius 2 is 1.38 bits per heavy atom. The average molecular weight is 489 g/mol. The van der Waals surface area contributed by atoms with E-state index in [1.807, 2.05) is 0 Å². The second-order valence-corrected chi connectivity index (χ2v) is 8.88. The Hall–Kier alpha value is -3.83. The second kappa shape index (κ2) is 8.84. The van der Waals surface area contributed by atoms with Gasteiger partial charge in [-0.05, 0) is 35.4 Å². The fourth-order valence-corrected chi connectivity index (χ4v) is 3.93. The highest BCUT2D eigenvalue weighted by Crippen LogP contribution is 2.30. The predicted octanol–water partition coefficient (Wildman–Crippen LogP) is 3.83. The van der Waals surface area contributed by atoms with Gasteiger partial charge in [-0.3, -0.25) is 4.79 Å². The van der Waals surface area contributed by atoms with Crippen LogP contribution in [0.25, 0.3) is 22.3 Å². The summed E-state index contributed by atoms with van der Waals surface area (Å²) in [5.74, 6) is -4.02. The molecule has 1 heterocycles. The van der Waals surface area contributed by atoms with Crippen LogP contribution in [0.5, 0.6) is 0 Å². The second-order valence-electron chi connectivity index (χ2n) is 7.32. The highest BCUT2D eigenvalue weighted by molar-refractivity contribution is 7.89. The summed E-state index contributed by atoms with van der Waals surface area (Å²) >= 11 is 0. The van der Waals surface area contributed by atoms with Crippen molar-refractivity contribution in [3.8, 4) is 22.3 Å². The lowest BCUT2D eigenvalue weighted by molar-refractivity contribution is 0.503. The van der Waals surface area contributed by atoms with E-state index in [4.69, 9.17) is 5.14 Å². The number of hydrogen-bond donors (Lipinski definition) is 1. The van der Waals surface area contributed by atoms with E-state index in [-0.39, 0.29) is 21.6 Å². The van der Waals surface area contributed by atoms with Crippen molar-refractivity contribution in [3.05, 3.63) is 106 Å². The zero-order valence-electron chi connectivity index (χ0n) is 17.2. The number of hydrogen-bond acceptors (Lipinski definition) is 4. The number of aromatic nitrogens is 2. The molecule has 0 unspecified atom stereocenters. The number of sulfonamides is 1. The first-order valence-electron chi connectivity index (χ1n) is 9.67. The zero-order chi connectivity index (χ0) is 24.6. The van der Waals surface area contributed by atoms with Gasteiger partial charge in [-0.15, -0.1) is 0 Å². The van der Waals surface area contributed by atoms with Crippen molar-refractivity contribution in [1.29, 1.82) is 0 Å². The fourth-order valence-electron chi connectivity index (χ4n) is 3.41. The van der Waals surface area contributed by atoms with Gasteiger partial charge in [0, 0.05) is 23.3 Å². The van der Waals surface area contributed by atoms with Crippen LogP contribution in [0, 0.1) is 23.3 Å². The van der Waals surface area contributed by atoms with E-state index >= 15 is 0 Å². The summed E-state index contributed by atoms with van der Waals surface area (Å²) in [6.45, 7) is -0.629. The molecular weight excluding hydrogens is 474 g/mol. The zero-order valence-corrected chi connectivity index (χ0v) is 18.0. The van der Waals surface area contributed by atoms with Gasteiger partial charge in [0.05, 0.1) is 23.2 Å². The molecule has 0 fully saturated rings. The Kier molecular flexibility index (Phi) is 6.07. The Morgan fingerprint density at radius 1 is 0.824 bits per heavy atom. The molecule has 0 atom stereocenters. The topological polar surface area (TPSA) is 95.1 Å². The largest absolute Gasteiger partial charge is 0.275 e. The molecule has 1 aromatic heterocycles. The van der Waals surface area contributed by atoms with Gasteiger partial charge in [-0.25, -0.2) is 35.8 Å². The number of nitrogens with zero attached hydrogens (tertiary/aromatic N) is 2. The summed E-state index contributed by atoms with van der Waals surface area (Å²) in [7, 11) is -3.95. The molecule has 6 nitrogen and oxygen atoms in total. The first-order chi connectivity index (χ1) is 16.0. The average Bonchev–Trinajstić information content (AvgIpc) is 2.77. The third kappa shape index (κ3) is 4.61. The van der Waals surface area contributed by atoms with Crippen molar-refractivity contribution in [3.63, 3.8) is 0 Å². The monoisotopic (exact) mass is 489 g/mol. The smallest absolute Gasteiger partial charge is 0.267 e. The molecule has 0 radical (unpaired) electrons. The maximum absolute atomic E-state index is 14.2. The molecule has 0 amide bonds. The van der Waals surface area contributed by atoms with Crippen molar-refractivity contribution in [2.45, 2.75) is 11.4 Å². The molecule has 11 heteroatoms. The minimum Gasteiger partial charge on any atom is -0.267 e. The van der Waals surface area contributed by atoms with Crippen molar-refractivity contribution in [2.24, 2.45) is 5.14 Å². The SMILES string of the molecule is NS(=O)(=O)c1ccc(-c2cnn(Cc3c(F)cc(F)cc3F)c(=O)c2-c2ccc(F)cc2)cc1. The molecule has 0 saturated carbocycles. The summed E-state index contributed by atoms with van der Waals surface area (Å²) < 4.78 is 78.9. The molecule has 0 aliphatic rings. The van der Waals surface area contributed by atoms with Gasteiger partial charge in [0.15, 0.2) is 0 Å². The Bertz CT molecular complexity index is 1530. The van der Waals surface area contributed by atoms with Crippen LogP contribution >= 0.6 is 0 Å². The van der Waals surface area contributed by atoms with Crippen LogP contribution in [-0.4, -0.2) is 18.2 Å². The van der Waals surface area contributed by atoms with Crippen LogP contribution in [-0.2, 0) is 16.6 Å². The van der Waals surface area contributed by atoms with Gasteiger partial charge in [-0.1, -0.05) is 24.3 Å². The molecule has 0 aliphatic heterocycles. The molecule has 2 N–H and O–H groups in total. The molecule has 0 bridgehead atoms. The lowest BCUT2D eigenvalue weighted by Crippen LogP contribution is -2.26. The first kappa shape index (κ1) is 23.3. The van der Waals surface area contributed by atoms with E-state index in [9.17, 15) is 30.8 Å². The number of primary sulfonamides is 1. The van der Waals surface area contributed by atoms with Gasteiger partial charge in [0.1, 0.15) is 23.3 Å². The third-order valence-electron chi connectivity index (χ3n) is 5.08. The molecule has 0 saturated heterocycles. The van der Waals surface area contributed by atoms with E-state index in [1.165, 1.54) is 42.6 Å². The quantitative estimate of drug-likeness (QED) is 0.431. The molecule has 4 rings (SSSR count). The minimum absolute atomic E-state index is 0.0290. The highest BCUT2D eigenvalue weighted by Gasteiger charge is 2.19. The van der Waals surface area contributed by atoms with Crippen molar-refractivity contribution in [1.82, 2.24) is 9.78 Å². The summed E-state index contributed by atoms with van der Waals surface area (Å²) in [6, 6.07) is 11.2. The Balaban J connectivity index is 1.89. The third-order valence-corrected chi connectivity index (χ3v) is 6.01. The lowest BCUT2D eigenvalue weighted by atomic mass is 9.97. The molecule has 0 aliphatic carbocycles. The lowest BCUT2D eigenvalue weighted by Gasteiger charge is -2.14. The van der Waals surface area contributed by atoms with E-state index in [1.54, 1.807) is 0 Å². The van der Waals surface area contributed by atoms with Gasteiger partial charge >= 0.3 is 0 Å². The summed E-state index contributed by atoms with van der Waals surface area (Å²) in [5.41, 5.74) is -0.361. The van der Waals surface area contributed by atoms with Crippen molar-refractivity contribution in [2.75, 3.05) is 0 Å². The number of nitrogens with two attached hydrogens (primary N) is 1. The van der Waals surface area contributed by atoms with Gasteiger partial charge in [0.2, 0.25) is 10.0 Å². The standard InChI is InChI=1S/C23H15F4N3O3S/c24-15-5-1-14(2-6-15)22-18(13-3-7-17(8-4-13)34(28,32)33)11-29-30(23(22)31)12-19-20(26)9-16(25)10-21(19)27/h1-11H,12H2,(H2,28,32,33). The molecule has 3 aromatic carbocycles. The van der Waals surface area contributed by atoms with Crippen LogP contribution in [0.3, 0.4) is 0 Å². The van der Waals surface area contributed by atoms with Gasteiger partial charge in [-0.2, -0.15) is 5.10 Å². The van der Waals surface area contributed by atoms with Gasteiger partial charge < -0.3 is 0 Å². The maximum atomic E-state index is 14.2. The Labute approximate surface area is 191 Å². The highest BCUT2D eigenvalue weighted by atomic mass is 32.2. The van der Waals surface area contributed by atoms with Crippen molar-refractivity contribution >= 4 is 10.0 Å². The van der Waals surface area contributed by atoms with Crippen LogP contribution in [0.15, 0.2) is 76.6 Å². The molecule has 34 heavy (non-hydrogen) atoms. The van der Waals surface area contributed by atoms with E-state index in [0.717, 1.165) is 16.8 Å². The normalized spacial score (nSPS) is 11.6. The molecule has 4 aromatic rings. The number of rotatable bonds is 5. The molecule has 0 spiro atoms. The minimum atomic E-state index is -3.95. The fraction of sp³-hybridized carbons (Fsp3) is 0.0435. The maximum Gasteiger partial charge on any atom is 0.275 e. The Morgan fingerprint density at radius 3 is 1.94 bits per heavy atom. The first-order valence-corrected chi connectivity index (χ1v) is 11.2. The summed E-state index contributed by atoms with van der Waals surface area (Å²) in [4.78, 5) is 13.2. The van der Waals surface area contributed by atoms with Crippen molar-refractivity contribution < 1.29 is 26.0 Å². The molecular formula is C23H15F4N3O3S. The van der Waals surface area contributed by atoms with Crippen LogP contribution < -0.4 is 10.7 Å². The van der Waals surface area contributed by atoms with Crippen LogP contribution in [0.1, 0.15) is 5.56 Å². The number of benzene rings is 3. The van der Waals surface area contributed by atoms with E-state index in [2.05, 4.69) is 5.10 Å². The number of halogens is 4. The summed E-state index contributed by atoms with van der Waals surface area (Å²) in [6.07, 6.45) is 1.26.